The Morgan fingerprint density at radius 2 is 1.54 bits per heavy atom. The summed E-state index contributed by atoms with van der Waals surface area (Å²) in [4.78, 5) is 4.80. The fraction of sp³-hybridized carbons (Fsp3) is 0.400. The minimum atomic E-state index is -0.425. The van der Waals surface area contributed by atoms with Crippen molar-refractivity contribution in [2.45, 2.75) is 20.0 Å². The lowest BCUT2D eigenvalue weighted by Crippen LogP contribution is -2.47. The molecule has 1 fully saturated rings. The normalized spacial score (nSPS) is 17.1. The van der Waals surface area contributed by atoms with E-state index in [-0.39, 0.29) is 0 Å². The molecule has 0 spiro atoms. The standard InChI is InChI=1S/C20H25BrN2O/c1-15-11-16(2)13-19(12-15)23-9-7-22(8-10-23)14-20(24)17-3-5-18(21)6-4-17/h3-6,11-13,20,24H,7-10,14H2,1-2H3. The van der Waals surface area contributed by atoms with Gasteiger partial charge in [0.15, 0.2) is 0 Å². The highest BCUT2D eigenvalue weighted by Crippen LogP contribution is 2.22. The number of aryl methyl sites for hydroxylation is 2. The lowest BCUT2D eigenvalue weighted by Gasteiger charge is -2.37. The summed E-state index contributed by atoms with van der Waals surface area (Å²) in [5.74, 6) is 0. The average molecular weight is 389 g/mol. The van der Waals surface area contributed by atoms with Crippen LogP contribution >= 0.6 is 15.9 Å². The van der Waals surface area contributed by atoms with Gasteiger partial charge in [-0.15, -0.1) is 0 Å². The number of aliphatic hydroxyl groups is 1. The summed E-state index contributed by atoms with van der Waals surface area (Å²) in [5, 5.41) is 10.4. The van der Waals surface area contributed by atoms with Crippen molar-refractivity contribution in [1.82, 2.24) is 4.90 Å². The molecule has 1 heterocycles. The van der Waals surface area contributed by atoms with Crippen LogP contribution in [-0.2, 0) is 0 Å². The molecule has 3 rings (SSSR count). The molecule has 1 N–H and O–H groups in total. The van der Waals surface area contributed by atoms with E-state index in [2.05, 4.69) is 57.8 Å². The van der Waals surface area contributed by atoms with Crippen LogP contribution in [0.1, 0.15) is 22.8 Å². The summed E-state index contributed by atoms with van der Waals surface area (Å²) in [6.07, 6.45) is -0.425. The topological polar surface area (TPSA) is 26.7 Å². The van der Waals surface area contributed by atoms with Gasteiger partial charge in [0.25, 0.3) is 0 Å². The van der Waals surface area contributed by atoms with E-state index in [0.717, 1.165) is 36.2 Å². The summed E-state index contributed by atoms with van der Waals surface area (Å²) in [6, 6.07) is 14.7. The second-order valence-corrected chi connectivity index (χ2v) is 7.62. The fourth-order valence-corrected chi connectivity index (χ4v) is 3.62. The molecule has 3 nitrogen and oxygen atoms in total. The van der Waals surface area contributed by atoms with Crippen molar-refractivity contribution < 1.29 is 5.11 Å². The molecule has 0 aromatic heterocycles. The molecule has 0 amide bonds. The van der Waals surface area contributed by atoms with Crippen LogP contribution in [0.2, 0.25) is 0 Å². The summed E-state index contributed by atoms with van der Waals surface area (Å²) < 4.78 is 1.04. The van der Waals surface area contributed by atoms with Crippen LogP contribution in [0.4, 0.5) is 5.69 Å². The van der Waals surface area contributed by atoms with E-state index in [4.69, 9.17) is 0 Å². The molecule has 1 saturated heterocycles. The van der Waals surface area contributed by atoms with E-state index < -0.39 is 6.10 Å². The third-order valence-corrected chi connectivity index (χ3v) is 5.16. The van der Waals surface area contributed by atoms with Crippen LogP contribution < -0.4 is 4.90 Å². The maximum Gasteiger partial charge on any atom is 0.0916 e. The first kappa shape index (κ1) is 17.5. The summed E-state index contributed by atoms with van der Waals surface area (Å²) >= 11 is 3.43. The zero-order valence-electron chi connectivity index (χ0n) is 14.4. The summed E-state index contributed by atoms with van der Waals surface area (Å²) in [6.45, 7) is 9.00. The van der Waals surface area contributed by atoms with Crippen LogP contribution in [0.5, 0.6) is 0 Å². The Bertz CT molecular complexity index is 658. The van der Waals surface area contributed by atoms with Crippen LogP contribution in [0, 0.1) is 13.8 Å². The van der Waals surface area contributed by atoms with E-state index in [1.54, 1.807) is 0 Å². The highest BCUT2D eigenvalue weighted by Gasteiger charge is 2.20. The van der Waals surface area contributed by atoms with Crippen molar-refractivity contribution in [2.24, 2.45) is 0 Å². The summed E-state index contributed by atoms with van der Waals surface area (Å²) in [5.41, 5.74) is 4.94. The molecule has 2 aromatic carbocycles. The second-order valence-electron chi connectivity index (χ2n) is 6.70. The number of anilines is 1. The Morgan fingerprint density at radius 3 is 2.12 bits per heavy atom. The first-order chi connectivity index (χ1) is 11.5. The van der Waals surface area contributed by atoms with Gasteiger partial charge >= 0.3 is 0 Å². The van der Waals surface area contributed by atoms with Gasteiger partial charge in [0.05, 0.1) is 6.10 Å². The quantitative estimate of drug-likeness (QED) is 0.859. The first-order valence-electron chi connectivity index (χ1n) is 8.50. The molecule has 0 saturated carbocycles. The largest absolute Gasteiger partial charge is 0.387 e. The minimum Gasteiger partial charge on any atom is -0.387 e. The smallest absolute Gasteiger partial charge is 0.0916 e. The third-order valence-electron chi connectivity index (χ3n) is 4.63. The van der Waals surface area contributed by atoms with Crippen molar-refractivity contribution in [3.05, 3.63) is 63.6 Å². The highest BCUT2D eigenvalue weighted by molar-refractivity contribution is 9.10. The predicted molar refractivity (Wildman–Crippen MR) is 104 cm³/mol. The van der Waals surface area contributed by atoms with Crippen LogP contribution in [0.25, 0.3) is 0 Å². The maximum absolute atomic E-state index is 10.4. The van der Waals surface area contributed by atoms with Gasteiger partial charge < -0.3 is 10.0 Å². The summed E-state index contributed by atoms with van der Waals surface area (Å²) in [7, 11) is 0. The van der Waals surface area contributed by atoms with Crippen LogP contribution in [0.15, 0.2) is 46.9 Å². The van der Waals surface area contributed by atoms with Gasteiger partial charge in [-0.1, -0.05) is 34.1 Å². The molecule has 1 unspecified atom stereocenters. The van der Waals surface area contributed by atoms with E-state index in [1.807, 2.05) is 24.3 Å². The first-order valence-corrected chi connectivity index (χ1v) is 9.30. The molecule has 4 heteroatoms. The van der Waals surface area contributed by atoms with Gasteiger partial charge in [0.2, 0.25) is 0 Å². The average Bonchev–Trinajstić information content (AvgIpc) is 2.55. The molecule has 0 bridgehead atoms. The number of piperazine rings is 1. The van der Waals surface area contributed by atoms with Crippen molar-refractivity contribution >= 4 is 21.6 Å². The maximum atomic E-state index is 10.4. The van der Waals surface area contributed by atoms with Gasteiger partial charge in [-0.25, -0.2) is 0 Å². The number of hydrogen-bond donors (Lipinski definition) is 1. The highest BCUT2D eigenvalue weighted by atomic mass is 79.9. The molecule has 128 valence electrons. The molecule has 1 aliphatic heterocycles. The minimum absolute atomic E-state index is 0.425. The zero-order valence-corrected chi connectivity index (χ0v) is 16.0. The second kappa shape index (κ2) is 7.68. The van der Waals surface area contributed by atoms with Gasteiger partial charge in [0, 0.05) is 42.9 Å². The third kappa shape index (κ3) is 4.38. The van der Waals surface area contributed by atoms with E-state index >= 15 is 0 Å². The van der Waals surface area contributed by atoms with E-state index in [1.165, 1.54) is 16.8 Å². The molecular weight excluding hydrogens is 364 g/mol. The molecule has 0 radical (unpaired) electrons. The molecule has 24 heavy (non-hydrogen) atoms. The SMILES string of the molecule is Cc1cc(C)cc(N2CCN(CC(O)c3ccc(Br)cc3)CC2)c1. The van der Waals surface area contributed by atoms with Crippen LogP contribution in [0.3, 0.4) is 0 Å². The Labute approximate surface area is 153 Å². The van der Waals surface area contributed by atoms with E-state index in [9.17, 15) is 5.11 Å². The van der Waals surface area contributed by atoms with Gasteiger partial charge in [-0.3, -0.25) is 4.90 Å². The monoisotopic (exact) mass is 388 g/mol. The molecule has 1 aliphatic rings. The Morgan fingerprint density at radius 1 is 0.958 bits per heavy atom. The number of rotatable bonds is 4. The lowest BCUT2D eigenvalue weighted by atomic mass is 10.1. The fourth-order valence-electron chi connectivity index (χ4n) is 3.36. The molecule has 1 atom stereocenters. The number of β-amino-alcohol motifs (C(OH)–C–C–N with tert-alkyl or cyclic N) is 1. The Kier molecular flexibility index (Phi) is 5.59. The predicted octanol–water partition coefficient (Wildman–Crippen LogP) is 3.92. The van der Waals surface area contributed by atoms with Crippen molar-refractivity contribution in [3.63, 3.8) is 0 Å². The van der Waals surface area contributed by atoms with Crippen molar-refractivity contribution in [1.29, 1.82) is 0 Å². The molecular formula is C20H25BrN2O. The van der Waals surface area contributed by atoms with Crippen molar-refractivity contribution in [2.75, 3.05) is 37.6 Å². The number of aliphatic hydroxyl groups excluding tert-OH is 1. The lowest BCUT2D eigenvalue weighted by molar-refractivity contribution is 0.109. The zero-order chi connectivity index (χ0) is 17.1. The Hall–Kier alpha value is -1.36. The number of halogens is 1. The Balaban J connectivity index is 1.56. The van der Waals surface area contributed by atoms with Gasteiger partial charge in [0.1, 0.15) is 0 Å². The van der Waals surface area contributed by atoms with Gasteiger partial charge in [-0.2, -0.15) is 0 Å². The van der Waals surface area contributed by atoms with Crippen LogP contribution in [-0.4, -0.2) is 42.7 Å². The molecule has 2 aromatic rings. The van der Waals surface area contributed by atoms with Gasteiger partial charge in [-0.05, 0) is 54.8 Å². The van der Waals surface area contributed by atoms with E-state index in [0.29, 0.717) is 6.54 Å². The number of nitrogens with zero attached hydrogens (tertiary/aromatic N) is 2. The number of benzene rings is 2. The number of hydrogen-bond acceptors (Lipinski definition) is 3. The van der Waals surface area contributed by atoms with Crippen molar-refractivity contribution in [3.8, 4) is 0 Å². The molecule has 0 aliphatic carbocycles.